The highest BCUT2D eigenvalue weighted by molar-refractivity contribution is 9.10. The molecule has 10 nitrogen and oxygen atoms in total. The molecule has 1 amide bonds. The Morgan fingerprint density at radius 2 is 1.65 bits per heavy atom. The summed E-state index contributed by atoms with van der Waals surface area (Å²) in [5.41, 5.74) is 17.8. The fraction of sp³-hybridized carbons (Fsp3) is 0.200. The maximum atomic E-state index is 14.8. The van der Waals surface area contributed by atoms with Crippen LogP contribution < -0.4 is 15.6 Å². The molecule has 3 N–H and O–H groups in total. The molecular weight excluding hydrogens is 740 g/mol. The second-order valence-electron chi connectivity index (χ2n) is 12.0. The lowest BCUT2D eigenvalue weighted by Crippen LogP contribution is -2.53. The Morgan fingerprint density at radius 3 is 2.40 bits per heavy atom. The van der Waals surface area contributed by atoms with E-state index in [0.29, 0.717) is 42.3 Å². The Hall–Kier alpha value is -5.10. The number of halogens is 1. The summed E-state index contributed by atoms with van der Waals surface area (Å²) in [5, 5.41) is 13.0. The third kappa shape index (κ3) is 9.03. The highest BCUT2D eigenvalue weighted by atomic mass is 79.9. The van der Waals surface area contributed by atoms with Gasteiger partial charge in [-0.05, 0) is 82.4 Å². The smallest absolute Gasteiger partial charge is 0.266 e. The van der Waals surface area contributed by atoms with Crippen molar-refractivity contribution in [3.05, 3.63) is 170 Å². The van der Waals surface area contributed by atoms with Crippen LogP contribution in [-0.4, -0.2) is 35.7 Å². The predicted octanol–water partition coefficient (Wildman–Crippen LogP) is 8.49. The zero-order valence-corrected chi connectivity index (χ0v) is 30.6. The monoisotopic (exact) mass is 776 g/mol. The van der Waals surface area contributed by atoms with Crippen molar-refractivity contribution in [3.63, 3.8) is 0 Å². The molecule has 0 bridgehead atoms. The van der Waals surface area contributed by atoms with E-state index in [1.165, 1.54) is 0 Å². The molecule has 0 saturated carbocycles. The normalized spacial score (nSPS) is 16.3. The molecule has 12 heteroatoms. The molecule has 0 spiro atoms. The van der Waals surface area contributed by atoms with Crippen molar-refractivity contribution >= 4 is 39.5 Å². The lowest BCUT2D eigenvalue weighted by Gasteiger charge is -2.32. The van der Waals surface area contributed by atoms with Crippen LogP contribution >= 0.6 is 27.7 Å². The van der Waals surface area contributed by atoms with Gasteiger partial charge in [0.15, 0.2) is 11.6 Å². The largest absolute Gasteiger partial charge is 0.494 e. The topological polar surface area (TPSA) is 141 Å². The van der Waals surface area contributed by atoms with Crippen LogP contribution in [0.25, 0.3) is 10.4 Å². The molecule has 1 aliphatic rings. The summed E-state index contributed by atoms with van der Waals surface area (Å²) in [6, 6.07) is 40.8. The van der Waals surface area contributed by atoms with Crippen molar-refractivity contribution < 1.29 is 19.4 Å². The minimum Gasteiger partial charge on any atom is -0.494 e. The first-order valence-electron chi connectivity index (χ1n) is 16.8. The number of nitrogens with one attached hydrogen (secondary N) is 2. The SMILES string of the molecule is [N-]=[N+]=NCc1ccccc1[C@@H]1OC(c2ccc(OCCCO)cc2)=N[C@]1(Cc1ccc(Br)cc1)C(=O)NNCc1ccccc1Sc1ccccc1. The van der Waals surface area contributed by atoms with E-state index in [0.717, 1.165) is 31.0 Å². The Labute approximate surface area is 315 Å². The quantitative estimate of drug-likeness (QED) is 0.0302. The first-order valence-corrected chi connectivity index (χ1v) is 18.4. The number of rotatable bonds is 16. The number of amides is 1. The van der Waals surface area contributed by atoms with Crippen LogP contribution in [0.5, 0.6) is 5.75 Å². The maximum absolute atomic E-state index is 14.8. The average molecular weight is 778 g/mol. The number of hydrazine groups is 1. The van der Waals surface area contributed by atoms with Gasteiger partial charge in [0.2, 0.25) is 5.90 Å². The Balaban J connectivity index is 1.36. The van der Waals surface area contributed by atoms with E-state index in [1.54, 1.807) is 11.8 Å². The fourth-order valence-electron chi connectivity index (χ4n) is 5.91. The summed E-state index contributed by atoms with van der Waals surface area (Å²) in [5.74, 6) is 0.550. The van der Waals surface area contributed by atoms with Crippen molar-refractivity contribution in [2.24, 2.45) is 10.1 Å². The van der Waals surface area contributed by atoms with E-state index < -0.39 is 11.6 Å². The number of aliphatic hydroxyl groups excluding tert-OH is 1. The third-order valence-electron chi connectivity index (χ3n) is 8.48. The van der Waals surface area contributed by atoms with Gasteiger partial charge in [-0.15, -0.1) is 0 Å². The number of aliphatic hydroxyl groups is 1. The molecule has 52 heavy (non-hydrogen) atoms. The third-order valence-corrected chi connectivity index (χ3v) is 10.1. The molecule has 264 valence electrons. The molecule has 0 unspecified atom stereocenters. The maximum Gasteiger partial charge on any atom is 0.266 e. The van der Waals surface area contributed by atoms with Crippen molar-refractivity contribution in [1.29, 1.82) is 0 Å². The standard InChI is InChI=1S/C40H37BrN6O4S/c41-32-19-15-28(16-20-32)25-40(39(49)46-43-27-31-10-5-7-14-36(31)52-34-11-2-1-3-12-34)37(35-13-6-4-9-30(35)26-44-47-42)51-38(45-40)29-17-21-33(22-18-29)50-24-8-23-48/h1-7,9-22,37,43,48H,8,23-27H2,(H,46,49)/t37-,40-/m0/s1. The minimum absolute atomic E-state index is 0.0435. The first-order chi connectivity index (χ1) is 25.5. The highest BCUT2D eigenvalue weighted by Crippen LogP contribution is 2.44. The van der Waals surface area contributed by atoms with E-state index in [9.17, 15) is 10.3 Å². The number of benzene rings is 5. The molecule has 1 aliphatic heterocycles. The molecule has 6 rings (SSSR count). The van der Waals surface area contributed by atoms with E-state index in [2.05, 4.69) is 55.0 Å². The number of carbonyl (C=O) groups excluding carboxylic acids is 1. The molecular formula is C40H37BrN6O4S. The lowest BCUT2D eigenvalue weighted by molar-refractivity contribution is -0.130. The number of azide groups is 1. The zero-order chi connectivity index (χ0) is 36.2. The summed E-state index contributed by atoms with van der Waals surface area (Å²) in [6.07, 6.45) is -0.145. The van der Waals surface area contributed by atoms with Gasteiger partial charge in [0.05, 0.1) is 13.2 Å². The van der Waals surface area contributed by atoms with Gasteiger partial charge < -0.3 is 14.6 Å². The van der Waals surface area contributed by atoms with E-state index in [1.807, 2.05) is 109 Å². The van der Waals surface area contributed by atoms with Gasteiger partial charge >= 0.3 is 0 Å². The van der Waals surface area contributed by atoms with Crippen LogP contribution in [0.3, 0.4) is 0 Å². The number of aliphatic imine (C=N–C) groups is 1. The van der Waals surface area contributed by atoms with Gasteiger partial charge in [-0.25, -0.2) is 10.4 Å². The van der Waals surface area contributed by atoms with Crippen molar-refractivity contribution in [1.82, 2.24) is 10.9 Å². The predicted molar refractivity (Wildman–Crippen MR) is 206 cm³/mol. The van der Waals surface area contributed by atoms with E-state index in [4.69, 9.17) is 19.6 Å². The summed E-state index contributed by atoms with van der Waals surface area (Å²) >= 11 is 5.18. The zero-order valence-electron chi connectivity index (χ0n) is 28.2. The van der Waals surface area contributed by atoms with Crippen LogP contribution in [0.15, 0.2) is 152 Å². The van der Waals surface area contributed by atoms with E-state index in [-0.39, 0.29) is 25.5 Å². The van der Waals surface area contributed by atoms with Crippen LogP contribution in [0.4, 0.5) is 0 Å². The summed E-state index contributed by atoms with van der Waals surface area (Å²) in [7, 11) is 0. The molecule has 5 aromatic rings. The number of ether oxygens (including phenoxy) is 2. The summed E-state index contributed by atoms with van der Waals surface area (Å²) in [4.78, 5) is 25.1. The van der Waals surface area contributed by atoms with Crippen molar-refractivity contribution in [2.75, 3.05) is 13.2 Å². The number of nitrogens with zero attached hydrogens (tertiary/aromatic N) is 4. The number of carbonyl (C=O) groups is 1. The molecule has 0 aliphatic carbocycles. The van der Waals surface area contributed by atoms with Crippen LogP contribution in [0.2, 0.25) is 0 Å². The fourth-order valence-corrected chi connectivity index (χ4v) is 7.14. The molecule has 1 heterocycles. The lowest BCUT2D eigenvalue weighted by atomic mass is 9.81. The number of hydrogen-bond donors (Lipinski definition) is 3. The first kappa shape index (κ1) is 36.7. The van der Waals surface area contributed by atoms with Crippen LogP contribution in [0.1, 0.15) is 40.3 Å². The number of hydrogen-bond acceptors (Lipinski definition) is 8. The molecule has 0 saturated heterocycles. The Morgan fingerprint density at radius 1 is 0.942 bits per heavy atom. The second kappa shape index (κ2) is 17.9. The van der Waals surface area contributed by atoms with Crippen molar-refractivity contribution in [2.45, 2.75) is 47.4 Å². The van der Waals surface area contributed by atoms with Gasteiger partial charge in [-0.3, -0.25) is 10.2 Å². The molecule has 0 radical (unpaired) electrons. The van der Waals surface area contributed by atoms with Gasteiger partial charge in [0.1, 0.15) is 5.75 Å². The van der Waals surface area contributed by atoms with Gasteiger partial charge in [-0.1, -0.05) is 106 Å². The van der Waals surface area contributed by atoms with Crippen molar-refractivity contribution in [3.8, 4) is 5.75 Å². The highest BCUT2D eigenvalue weighted by Gasteiger charge is 2.54. The molecule has 0 fully saturated rings. The Bertz CT molecular complexity index is 2040. The molecule has 2 atom stereocenters. The van der Waals surface area contributed by atoms with Crippen LogP contribution in [-0.2, 0) is 29.0 Å². The summed E-state index contributed by atoms with van der Waals surface area (Å²) in [6.45, 7) is 0.868. The summed E-state index contributed by atoms with van der Waals surface area (Å²) < 4.78 is 13.4. The minimum atomic E-state index is -1.47. The van der Waals surface area contributed by atoms with Gasteiger partial charge in [0.25, 0.3) is 5.91 Å². The molecule has 0 aromatic heterocycles. The second-order valence-corrected chi connectivity index (χ2v) is 14.0. The van der Waals surface area contributed by atoms with Gasteiger partial charge in [0, 0.05) is 50.7 Å². The van der Waals surface area contributed by atoms with E-state index >= 15 is 0 Å². The van der Waals surface area contributed by atoms with Gasteiger partial charge in [-0.2, -0.15) is 0 Å². The molecule has 5 aromatic carbocycles. The Kier molecular flexibility index (Phi) is 12.6. The average Bonchev–Trinajstić information content (AvgIpc) is 3.56. The van der Waals surface area contributed by atoms with Crippen LogP contribution in [0, 0.1) is 0 Å².